The molecule has 0 fully saturated rings. The molecule has 1 heterocycles. The van der Waals surface area contributed by atoms with E-state index in [1.54, 1.807) is 0 Å². The Morgan fingerprint density at radius 2 is 1.34 bits per heavy atom. The van der Waals surface area contributed by atoms with Gasteiger partial charge < -0.3 is 5.32 Å². The van der Waals surface area contributed by atoms with Crippen molar-refractivity contribution in [3.8, 4) is 11.1 Å². The number of aliphatic imine (C=N–C) groups is 2. The summed E-state index contributed by atoms with van der Waals surface area (Å²) >= 11 is 0. The molecule has 1 atom stereocenters. The van der Waals surface area contributed by atoms with Crippen LogP contribution < -0.4 is 5.32 Å². The largest absolute Gasteiger partial charge is 0.344 e. The van der Waals surface area contributed by atoms with Gasteiger partial charge in [-0.2, -0.15) is 0 Å². The lowest BCUT2D eigenvalue weighted by molar-refractivity contribution is 0.660. The van der Waals surface area contributed by atoms with E-state index < -0.39 is 0 Å². The normalized spacial score (nSPS) is 17.9. The van der Waals surface area contributed by atoms with Gasteiger partial charge >= 0.3 is 0 Å². The maximum Gasteiger partial charge on any atom is 0.159 e. The highest BCUT2D eigenvalue weighted by atomic mass is 15.2. The summed E-state index contributed by atoms with van der Waals surface area (Å²) in [5, 5.41) is 3.60. The van der Waals surface area contributed by atoms with E-state index in [0.29, 0.717) is 0 Å². The van der Waals surface area contributed by atoms with Crippen LogP contribution in [0.25, 0.3) is 22.3 Å². The number of hydrogen-bond acceptors (Lipinski definition) is 3. The summed E-state index contributed by atoms with van der Waals surface area (Å²) in [7, 11) is 0. The number of amidine groups is 2. The van der Waals surface area contributed by atoms with E-state index in [-0.39, 0.29) is 11.6 Å². The zero-order chi connectivity index (χ0) is 29.7. The summed E-state index contributed by atoms with van der Waals surface area (Å²) in [4.78, 5) is 10.00. The van der Waals surface area contributed by atoms with Gasteiger partial charge in [0.05, 0.1) is 0 Å². The zero-order valence-electron chi connectivity index (χ0n) is 25.0. The van der Waals surface area contributed by atoms with E-state index >= 15 is 0 Å². The topological polar surface area (TPSA) is 36.8 Å². The number of fused-ring (bicyclic) bond motifs is 3. The maximum atomic E-state index is 5.08. The Bertz CT molecular complexity index is 2030. The van der Waals surface area contributed by atoms with Crippen molar-refractivity contribution in [3.63, 3.8) is 0 Å². The predicted molar refractivity (Wildman–Crippen MR) is 183 cm³/mol. The monoisotopic (exact) mass is 567 g/mol. The van der Waals surface area contributed by atoms with Crippen molar-refractivity contribution in [2.24, 2.45) is 9.98 Å². The fraction of sp³-hybridized carbons (Fsp3) is 0.122. The van der Waals surface area contributed by atoms with Gasteiger partial charge in [0.2, 0.25) is 0 Å². The van der Waals surface area contributed by atoms with Gasteiger partial charge in [0.1, 0.15) is 12.0 Å². The number of hydrogen-bond donors (Lipinski definition) is 1. The molecule has 3 aliphatic rings. The summed E-state index contributed by atoms with van der Waals surface area (Å²) in [5.41, 5.74) is 13.8. The minimum absolute atomic E-state index is 0.000283. The molecule has 0 saturated carbocycles. The average molecular weight is 568 g/mol. The first-order valence-electron chi connectivity index (χ1n) is 15.3. The van der Waals surface area contributed by atoms with E-state index in [1.165, 1.54) is 44.5 Å². The lowest BCUT2D eigenvalue weighted by Gasteiger charge is -2.24. The number of allylic oxidation sites excluding steroid dienone is 4. The van der Waals surface area contributed by atoms with Crippen LogP contribution in [0.5, 0.6) is 0 Å². The van der Waals surface area contributed by atoms with E-state index in [4.69, 9.17) is 9.98 Å². The Kier molecular flexibility index (Phi) is 6.27. The zero-order valence-corrected chi connectivity index (χ0v) is 25.0. The molecule has 0 bridgehead atoms. The Morgan fingerprint density at radius 3 is 2.16 bits per heavy atom. The van der Waals surface area contributed by atoms with Crippen LogP contribution in [0, 0.1) is 0 Å². The fourth-order valence-electron chi connectivity index (χ4n) is 6.80. The molecule has 1 N–H and O–H groups in total. The van der Waals surface area contributed by atoms with Gasteiger partial charge in [-0.05, 0) is 68.6 Å². The molecule has 44 heavy (non-hydrogen) atoms. The quantitative estimate of drug-likeness (QED) is 0.226. The van der Waals surface area contributed by atoms with Crippen molar-refractivity contribution in [1.82, 2.24) is 5.32 Å². The molecule has 5 aromatic carbocycles. The Hall–Kier alpha value is -5.28. The van der Waals surface area contributed by atoms with Crippen LogP contribution in [0.3, 0.4) is 0 Å². The van der Waals surface area contributed by atoms with Gasteiger partial charge in [0.15, 0.2) is 5.84 Å². The van der Waals surface area contributed by atoms with Gasteiger partial charge in [0, 0.05) is 16.5 Å². The van der Waals surface area contributed by atoms with Gasteiger partial charge in [-0.1, -0.05) is 141 Å². The molecule has 3 nitrogen and oxygen atoms in total. The summed E-state index contributed by atoms with van der Waals surface area (Å²) in [6.07, 6.45) is 5.39. The summed E-state index contributed by atoms with van der Waals surface area (Å²) in [6, 6.07) is 45.1. The minimum Gasteiger partial charge on any atom is -0.344 e. The van der Waals surface area contributed by atoms with Gasteiger partial charge in [0.25, 0.3) is 0 Å². The lowest BCUT2D eigenvalue weighted by atomic mass is 9.81. The molecule has 212 valence electrons. The number of rotatable bonds is 5. The van der Waals surface area contributed by atoms with Crippen molar-refractivity contribution in [2.75, 3.05) is 0 Å². The SMILES string of the molecule is CC1(C)c2ccccc2-c2ccc(C3=CC(c4cccc(C5N=C(c6ccccc6)N=C(c6ccccc6)N5)c4)=CC3)cc21. The molecule has 0 spiro atoms. The van der Waals surface area contributed by atoms with Crippen molar-refractivity contribution in [3.05, 3.63) is 178 Å². The lowest BCUT2D eigenvalue weighted by Crippen LogP contribution is -2.33. The number of nitrogens with one attached hydrogen (secondary N) is 1. The first-order valence-corrected chi connectivity index (χ1v) is 15.3. The third-order valence-corrected chi connectivity index (χ3v) is 9.18. The molecule has 2 aliphatic carbocycles. The van der Waals surface area contributed by atoms with Gasteiger partial charge in [-0.3, -0.25) is 0 Å². The molecule has 0 saturated heterocycles. The van der Waals surface area contributed by atoms with Crippen LogP contribution in [0.1, 0.15) is 65.4 Å². The summed E-state index contributed by atoms with van der Waals surface area (Å²) in [6.45, 7) is 4.69. The van der Waals surface area contributed by atoms with E-state index in [9.17, 15) is 0 Å². The average Bonchev–Trinajstić information content (AvgIpc) is 3.67. The third kappa shape index (κ3) is 4.53. The standard InChI is InChI=1S/C41H33N3/c1-41(2)36-19-10-9-18-34(36)35-23-22-32(26-37(35)41)31-21-20-30(24-31)29-16-11-17-33(25-29)40-43-38(27-12-5-3-6-13-27)42-39(44-40)28-14-7-4-8-15-28/h3-20,22-26,40H,21H2,1-2H3,(H,42,43,44). The van der Waals surface area contributed by atoms with Crippen molar-refractivity contribution in [2.45, 2.75) is 31.8 Å². The molecule has 0 amide bonds. The molecule has 1 aliphatic heterocycles. The highest BCUT2D eigenvalue weighted by Crippen LogP contribution is 2.49. The van der Waals surface area contributed by atoms with Crippen molar-refractivity contribution < 1.29 is 0 Å². The molecule has 1 unspecified atom stereocenters. The molecule has 3 heteroatoms. The fourth-order valence-corrected chi connectivity index (χ4v) is 6.80. The second-order valence-electron chi connectivity index (χ2n) is 12.3. The van der Waals surface area contributed by atoms with Gasteiger partial charge in [-0.15, -0.1) is 0 Å². The smallest absolute Gasteiger partial charge is 0.159 e. The van der Waals surface area contributed by atoms with E-state index in [1.807, 2.05) is 36.4 Å². The predicted octanol–water partition coefficient (Wildman–Crippen LogP) is 9.36. The van der Waals surface area contributed by atoms with Crippen LogP contribution in [0.2, 0.25) is 0 Å². The van der Waals surface area contributed by atoms with Crippen LogP contribution in [-0.4, -0.2) is 11.7 Å². The minimum atomic E-state index is -0.246. The Morgan fingerprint density at radius 1 is 0.636 bits per heavy atom. The second-order valence-corrected chi connectivity index (χ2v) is 12.3. The van der Waals surface area contributed by atoms with Gasteiger partial charge in [-0.25, -0.2) is 9.98 Å². The first kappa shape index (κ1) is 26.4. The summed E-state index contributed by atoms with van der Waals surface area (Å²) in [5.74, 6) is 1.57. The third-order valence-electron chi connectivity index (χ3n) is 9.18. The van der Waals surface area contributed by atoms with Crippen LogP contribution >= 0.6 is 0 Å². The van der Waals surface area contributed by atoms with Crippen molar-refractivity contribution >= 4 is 22.8 Å². The second kappa shape index (κ2) is 10.5. The van der Waals surface area contributed by atoms with Crippen LogP contribution in [0.15, 0.2) is 150 Å². The van der Waals surface area contributed by atoms with E-state index in [0.717, 1.165) is 34.8 Å². The number of benzene rings is 5. The molecule has 0 aromatic heterocycles. The molecule has 8 rings (SSSR count). The highest BCUT2D eigenvalue weighted by molar-refractivity contribution is 6.13. The Balaban J connectivity index is 1.10. The molecule has 5 aromatic rings. The maximum absolute atomic E-state index is 5.08. The molecular formula is C41H33N3. The summed E-state index contributed by atoms with van der Waals surface area (Å²) < 4.78 is 0. The van der Waals surface area contributed by atoms with Crippen LogP contribution in [-0.2, 0) is 5.41 Å². The first-order chi connectivity index (χ1) is 21.5. The van der Waals surface area contributed by atoms with Crippen LogP contribution in [0.4, 0.5) is 0 Å². The van der Waals surface area contributed by atoms with Crippen molar-refractivity contribution in [1.29, 1.82) is 0 Å². The Labute approximate surface area is 259 Å². The number of nitrogens with zero attached hydrogens (tertiary/aromatic N) is 2. The highest BCUT2D eigenvalue weighted by Gasteiger charge is 2.35. The van der Waals surface area contributed by atoms with E-state index in [2.05, 4.69) is 122 Å². The molecular weight excluding hydrogens is 534 g/mol. The molecule has 0 radical (unpaired) electrons.